The van der Waals surface area contributed by atoms with Crippen LogP contribution in [0.5, 0.6) is 0 Å². The van der Waals surface area contributed by atoms with Gasteiger partial charge in [0.2, 0.25) is 0 Å². The number of amides is 2. The molecule has 0 spiro atoms. The maximum Gasteiger partial charge on any atom is 0.321 e. The highest BCUT2D eigenvalue weighted by Gasteiger charge is 2.21. The molecule has 1 aliphatic rings. The molecule has 1 fully saturated rings. The summed E-state index contributed by atoms with van der Waals surface area (Å²) in [6.07, 6.45) is 0.501. The fourth-order valence-corrected chi connectivity index (χ4v) is 3.06. The Labute approximate surface area is 158 Å². The molecular weight excluding hydrogens is 350 g/mol. The maximum atomic E-state index is 12.3. The van der Waals surface area contributed by atoms with Crippen molar-refractivity contribution in [2.24, 2.45) is 0 Å². The number of anilines is 1. The number of piperazine rings is 1. The van der Waals surface area contributed by atoms with Crippen LogP contribution in [0.15, 0.2) is 54.6 Å². The van der Waals surface area contributed by atoms with Crippen molar-refractivity contribution >= 4 is 29.1 Å². The third-order valence-electron chi connectivity index (χ3n) is 4.51. The average Bonchev–Trinajstić information content (AvgIpc) is 2.69. The predicted molar refractivity (Wildman–Crippen MR) is 104 cm³/mol. The van der Waals surface area contributed by atoms with Crippen molar-refractivity contribution in [1.82, 2.24) is 9.80 Å². The lowest BCUT2D eigenvalue weighted by Gasteiger charge is -2.34. The number of carbonyl (C=O) groups excluding carboxylic acids is 2. The lowest BCUT2D eigenvalue weighted by Crippen LogP contribution is -2.50. The number of rotatable bonds is 5. The molecule has 1 N–H and O–H groups in total. The van der Waals surface area contributed by atoms with Crippen LogP contribution in [0.1, 0.15) is 16.8 Å². The van der Waals surface area contributed by atoms with E-state index in [-0.39, 0.29) is 11.8 Å². The Hall–Kier alpha value is -2.37. The standard InChI is InChI=1S/C20H22ClN3O2/c21-17-6-8-18(9-7-17)22-20(26)24-14-12-23(13-15-24)11-10-19(25)16-4-2-1-3-5-16/h1-9H,10-15H2,(H,22,26). The van der Waals surface area contributed by atoms with Crippen molar-refractivity contribution < 1.29 is 9.59 Å². The van der Waals surface area contributed by atoms with E-state index >= 15 is 0 Å². The molecule has 1 heterocycles. The quantitative estimate of drug-likeness (QED) is 0.814. The van der Waals surface area contributed by atoms with E-state index in [0.717, 1.165) is 30.9 Å². The molecule has 0 unspecified atom stereocenters. The molecule has 0 aromatic heterocycles. The van der Waals surface area contributed by atoms with Gasteiger partial charge in [-0.15, -0.1) is 0 Å². The van der Waals surface area contributed by atoms with E-state index in [0.29, 0.717) is 24.5 Å². The Bertz CT molecular complexity index is 741. The van der Waals surface area contributed by atoms with E-state index in [1.54, 1.807) is 29.2 Å². The zero-order valence-electron chi connectivity index (χ0n) is 14.5. The van der Waals surface area contributed by atoms with Crippen molar-refractivity contribution in [2.45, 2.75) is 6.42 Å². The second-order valence-corrected chi connectivity index (χ2v) is 6.74. The Kier molecular flexibility index (Phi) is 6.26. The highest BCUT2D eigenvalue weighted by Crippen LogP contribution is 2.14. The van der Waals surface area contributed by atoms with Gasteiger partial charge in [-0.05, 0) is 24.3 Å². The first kappa shape index (κ1) is 18.4. The van der Waals surface area contributed by atoms with Crippen molar-refractivity contribution in [3.8, 4) is 0 Å². The van der Waals surface area contributed by atoms with Crippen LogP contribution < -0.4 is 5.32 Å². The minimum Gasteiger partial charge on any atom is -0.322 e. The Balaban J connectivity index is 1.41. The second kappa shape index (κ2) is 8.83. The largest absolute Gasteiger partial charge is 0.322 e. The summed E-state index contributed by atoms with van der Waals surface area (Å²) in [5.41, 5.74) is 1.49. The van der Waals surface area contributed by atoms with Crippen molar-refractivity contribution in [3.63, 3.8) is 0 Å². The molecular formula is C20H22ClN3O2. The van der Waals surface area contributed by atoms with Crippen molar-refractivity contribution in [3.05, 3.63) is 65.2 Å². The Morgan fingerprint density at radius 2 is 1.58 bits per heavy atom. The molecule has 2 amide bonds. The van der Waals surface area contributed by atoms with E-state index in [9.17, 15) is 9.59 Å². The van der Waals surface area contributed by atoms with Crippen LogP contribution in [0.3, 0.4) is 0 Å². The summed E-state index contributed by atoms with van der Waals surface area (Å²) < 4.78 is 0. The van der Waals surface area contributed by atoms with Gasteiger partial charge in [0.1, 0.15) is 0 Å². The number of halogens is 1. The van der Waals surface area contributed by atoms with E-state index < -0.39 is 0 Å². The number of hydrogen-bond donors (Lipinski definition) is 1. The molecule has 5 nitrogen and oxygen atoms in total. The molecule has 3 rings (SSSR count). The molecule has 0 saturated carbocycles. The molecule has 6 heteroatoms. The summed E-state index contributed by atoms with van der Waals surface area (Å²) in [7, 11) is 0. The molecule has 2 aromatic carbocycles. The van der Waals surface area contributed by atoms with Gasteiger partial charge in [-0.25, -0.2) is 4.79 Å². The summed E-state index contributed by atoms with van der Waals surface area (Å²) in [6, 6.07) is 16.3. The first-order chi connectivity index (χ1) is 12.6. The molecule has 2 aromatic rings. The van der Waals surface area contributed by atoms with E-state index in [4.69, 9.17) is 11.6 Å². The van der Waals surface area contributed by atoms with Crippen molar-refractivity contribution in [1.29, 1.82) is 0 Å². The number of nitrogens with zero attached hydrogens (tertiary/aromatic N) is 2. The van der Waals surface area contributed by atoms with Gasteiger partial charge in [-0.3, -0.25) is 9.69 Å². The summed E-state index contributed by atoms with van der Waals surface area (Å²) in [4.78, 5) is 28.5. The zero-order valence-corrected chi connectivity index (χ0v) is 15.3. The summed E-state index contributed by atoms with van der Waals surface area (Å²) in [5, 5.41) is 3.52. The maximum absolute atomic E-state index is 12.3. The van der Waals surface area contributed by atoms with Crippen LogP contribution in [0.2, 0.25) is 5.02 Å². The molecule has 0 atom stereocenters. The van der Waals surface area contributed by atoms with Gasteiger partial charge in [0, 0.05) is 55.4 Å². The molecule has 1 saturated heterocycles. The number of ketones is 1. The summed E-state index contributed by atoms with van der Waals surface area (Å²) >= 11 is 5.85. The van der Waals surface area contributed by atoms with Gasteiger partial charge >= 0.3 is 6.03 Å². The van der Waals surface area contributed by atoms with Gasteiger partial charge in [0.25, 0.3) is 0 Å². The summed E-state index contributed by atoms with van der Waals surface area (Å²) in [5.74, 6) is 0.161. The lowest BCUT2D eigenvalue weighted by molar-refractivity contribution is 0.0942. The molecule has 0 aliphatic carbocycles. The smallest absolute Gasteiger partial charge is 0.321 e. The number of Topliss-reactive ketones (excluding diaryl/α,β-unsaturated/α-hetero) is 1. The number of nitrogens with one attached hydrogen (secondary N) is 1. The van der Waals surface area contributed by atoms with Crippen LogP contribution in [0.4, 0.5) is 10.5 Å². The molecule has 0 radical (unpaired) electrons. The highest BCUT2D eigenvalue weighted by molar-refractivity contribution is 6.30. The van der Waals surface area contributed by atoms with Crippen LogP contribution >= 0.6 is 11.6 Å². The topological polar surface area (TPSA) is 52.7 Å². The van der Waals surface area contributed by atoms with E-state index in [2.05, 4.69) is 10.2 Å². The monoisotopic (exact) mass is 371 g/mol. The number of carbonyl (C=O) groups is 2. The number of hydrogen-bond acceptors (Lipinski definition) is 3. The normalized spacial score (nSPS) is 14.9. The number of urea groups is 1. The molecule has 1 aliphatic heterocycles. The average molecular weight is 372 g/mol. The molecule has 136 valence electrons. The Morgan fingerprint density at radius 1 is 0.923 bits per heavy atom. The second-order valence-electron chi connectivity index (χ2n) is 6.30. The van der Waals surface area contributed by atoms with E-state index in [1.807, 2.05) is 30.3 Å². The van der Waals surface area contributed by atoms with Gasteiger partial charge in [-0.2, -0.15) is 0 Å². The zero-order chi connectivity index (χ0) is 18.4. The van der Waals surface area contributed by atoms with Gasteiger partial charge in [0.05, 0.1) is 0 Å². The van der Waals surface area contributed by atoms with Crippen LogP contribution in [0.25, 0.3) is 0 Å². The predicted octanol–water partition coefficient (Wildman–Crippen LogP) is 3.76. The molecule has 26 heavy (non-hydrogen) atoms. The van der Waals surface area contributed by atoms with Crippen LogP contribution in [-0.4, -0.2) is 54.3 Å². The first-order valence-corrected chi connectivity index (χ1v) is 9.12. The van der Waals surface area contributed by atoms with Crippen molar-refractivity contribution in [2.75, 3.05) is 38.0 Å². The Morgan fingerprint density at radius 3 is 2.23 bits per heavy atom. The van der Waals surface area contributed by atoms with E-state index in [1.165, 1.54) is 0 Å². The van der Waals surface area contributed by atoms with Crippen LogP contribution in [0, 0.1) is 0 Å². The minimum atomic E-state index is -0.104. The fourth-order valence-electron chi connectivity index (χ4n) is 2.94. The van der Waals surface area contributed by atoms with Gasteiger partial charge in [-0.1, -0.05) is 41.9 Å². The van der Waals surface area contributed by atoms with Gasteiger partial charge < -0.3 is 10.2 Å². The SMILES string of the molecule is O=C(CCN1CCN(C(=O)Nc2ccc(Cl)cc2)CC1)c1ccccc1. The third-order valence-corrected chi connectivity index (χ3v) is 4.76. The highest BCUT2D eigenvalue weighted by atomic mass is 35.5. The first-order valence-electron chi connectivity index (χ1n) is 8.74. The minimum absolute atomic E-state index is 0.104. The number of benzene rings is 2. The third kappa shape index (κ3) is 5.07. The summed E-state index contributed by atoms with van der Waals surface area (Å²) in [6.45, 7) is 3.57. The van der Waals surface area contributed by atoms with Crippen LogP contribution in [-0.2, 0) is 0 Å². The van der Waals surface area contributed by atoms with Gasteiger partial charge in [0.15, 0.2) is 5.78 Å². The molecule has 0 bridgehead atoms. The lowest BCUT2D eigenvalue weighted by atomic mass is 10.1. The fraction of sp³-hybridized carbons (Fsp3) is 0.300.